The molecule has 7 nitrogen and oxygen atoms in total. The molecule has 0 atom stereocenters. The van der Waals surface area contributed by atoms with Crippen LogP contribution in [0.5, 0.6) is 0 Å². The molecule has 0 aromatic carbocycles. The molecule has 1 aromatic heterocycles. The van der Waals surface area contributed by atoms with Crippen LogP contribution in [-0.2, 0) is 0 Å². The van der Waals surface area contributed by atoms with Crippen LogP contribution >= 0.6 is 0 Å². The zero-order chi connectivity index (χ0) is 14.5. The SMILES string of the molecule is N#Cc1cnc(N(CCO)C2CCCC2)c([N+](=O)[O-])c1. The Morgan fingerprint density at radius 1 is 1.55 bits per heavy atom. The van der Waals surface area contributed by atoms with Crippen LogP contribution in [0.1, 0.15) is 31.2 Å². The van der Waals surface area contributed by atoms with E-state index in [0.29, 0.717) is 6.54 Å². The maximum atomic E-state index is 11.2. The highest BCUT2D eigenvalue weighted by atomic mass is 16.6. The molecule has 0 radical (unpaired) electrons. The zero-order valence-corrected chi connectivity index (χ0v) is 11.0. The Labute approximate surface area is 116 Å². The summed E-state index contributed by atoms with van der Waals surface area (Å²) in [5, 5.41) is 29.2. The van der Waals surface area contributed by atoms with E-state index in [9.17, 15) is 15.2 Å². The van der Waals surface area contributed by atoms with Crippen molar-refractivity contribution in [3.63, 3.8) is 0 Å². The first kappa shape index (κ1) is 14.2. The van der Waals surface area contributed by atoms with Gasteiger partial charge in [-0.15, -0.1) is 0 Å². The Hall–Kier alpha value is -2.20. The van der Waals surface area contributed by atoms with Crippen molar-refractivity contribution in [3.8, 4) is 6.07 Å². The summed E-state index contributed by atoms with van der Waals surface area (Å²) in [5.74, 6) is 0.245. The van der Waals surface area contributed by atoms with Gasteiger partial charge in [-0.3, -0.25) is 10.1 Å². The molecular formula is C13H16N4O3. The van der Waals surface area contributed by atoms with Crippen molar-refractivity contribution in [2.75, 3.05) is 18.1 Å². The molecule has 0 bridgehead atoms. The van der Waals surface area contributed by atoms with Crippen molar-refractivity contribution >= 4 is 11.5 Å². The Balaban J connectivity index is 2.41. The van der Waals surface area contributed by atoms with Crippen LogP contribution in [0, 0.1) is 21.4 Å². The summed E-state index contributed by atoms with van der Waals surface area (Å²) in [6, 6.07) is 3.26. The number of aliphatic hydroxyl groups is 1. The average molecular weight is 276 g/mol. The van der Waals surface area contributed by atoms with Gasteiger partial charge in [0.25, 0.3) is 0 Å². The molecule has 0 aliphatic heterocycles. The lowest BCUT2D eigenvalue weighted by molar-refractivity contribution is -0.384. The van der Waals surface area contributed by atoms with Crippen molar-refractivity contribution in [2.45, 2.75) is 31.7 Å². The van der Waals surface area contributed by atoms with Crippen molar-refractivity contribution in [1.82, 2.24) is 4.98 Å². The van der Waals surface area contributed by atoms with Gasteiger partial charge in [-0.2, -0.15) is 5.26 Å². The van der Waals surface area contributed by atoms with Crippen molar-refractivity contribution in [1.29, 1.82) is 5.26 Å². The largest absolute Gasteiger partial charge is 0.395 e. The molecule has 0 amide bonds. The van der Waals surface area contributed by atoms with E-state index in [1.165, 1.54) is 12.3 Å². The van der Waals surface area contributed by atoms with E-state index in [1.54, 1.807) is 4.90 Å². The Bertz CT molecular complexity index is 535. The number of aromatic nitrogens is 1. The fourth-order valence-electron chi connectivity index (χ4n) is 2.65. The molecule has 106 valence electrons. The second-order valence-corrected chi connectivity index (χ2v) is 4.79. The number of aliphatic hydroxyl groups excluding tert-OH is 1. The molecule has 1 fully saturated rings. The number of rotatable bonds is 5. The summed E-state index contributed by atoms with van der Waals surface area (Å²) < 4.78 is 0. The smallest absolute Gasteiger partial charge is 0.312 e. The molecule has 7 heteroatoms. The summed E-state index contributed by atoms with van der Waals surface area (Å²) in [5.41, 5.74) is -0.0137. The van der Waals surface area contributed by atoms with E-state index in [4.69, 9.17) is 5.26 Å². The minimum atomic E-state index is -0.525. The highest BCUT2D eigenvalue weighted by Crippen LogP contribution is 2.32. The zero-order valence-electron chi connectivity index (χ0n) is 11.0. The second-order valence-electron chi connectivity index (χ2n) is 4.79. The van der Waals surface area contributed by atoms with Gasteiger partial charge in [0.15, 0.2) is 0 Å². The second kappa shape index (κ2) is 6.30. The minimum absolute atomic E-state index is 0.0880. The standard InChI is InChI=1S/C13H16N4O3/c14-8-10-7-12(17(19)20)13(15-9-10)16(5-6-18)11-3-1-2-4-11/h7,9,11,18H,1-6H2. The lowest BCUT2D eigenvalue weighted by atomic mass is 10.2. The van der Waals surface area contributed by atoms with Gasteiger partial charge in [-0.25, -0.2) is 4.98 Å². The quantitative estimate of drug-likeness (QED) is 0.647. The Morgan fingerprint density at radius 3 is 2.80 bits per heavy atom. The number of hydrogen-bond acceptors (Lipinski definition) is 6. The van der Waals surface area contributed by atoms with Crippen LogP contribution < -0.4 is 4.90 Å². The highest BCUT2D eigenvalue weighted by Gasteiger charge is 2.29. The maximum Gasteiger partial charge on any atom is 0.312 e. The van der Waals surface area contributed by atoms with Gasteiger partial charge < -0.3 is 10.0 Å². The molecule has 1 aromatic rings. The maximum absolute atomic E-state index is 11.2. The average Bonchev–Trinajstić information content (AvgIpc) is 2.98. The molecule has 1 heterocycles. The third-order valence-corrected chi connectivity index (χ3v) is 3.55. The molecule has 0 saturated heterocycles. The minimum Gasteiger partial charge on any atom is -0.395 e. The van der Waals surface area contributed by atoms with Gasteiger partial charge in [-0.1, -0.05) is 12.8 Å². The van der Waals surface area contributed by atoms with Gasteiger partial charge in [0.05, 0.1) is 17.1 Å². The molecule has 1 saturated carbocycles. The summed E-state index contributed by atoms with van der Waals surface area (Å²) in [6.45, 7) is 0.222. The molecule has 1 aliphatic rings. The van der Waals surface area contributed by atoms with E-state index in [1.807, 2.05) is 6.07 Å². The van der Waals surface area contributed by atoms with Gasteiger partial charge in [0, 0.05) is 24.8 Å². The molecular weight excluding hydrogens is 260 g/mol. The lowest BCUT2D eigenvalue weighted by Crippen LogP contribution is -2.36. The molecule has 0 spiro atoms. The summed E-state index contributed by atoms with van der Waals surface area (Å²) in [4.78, 5) is 16.5. The summed E-state index contributed by atoms with van der Waals surface area (Å²) in [6.07, 6.45) is 5.38. The summed E-state index contributed by atoms with van der Waals surface area (Å²) in [7, 11) is 0. The first-order valence-corrected chi connectivity index (χ1v) is 6.59. The predicted octanol–water partition coefficient (Wildman–Crippen LogP) is 1.60. The topological polar surface area (TPSA) is 103 Å². The monoisotopic (exact) mass is 276 g/mol. The molecule has 1 aliphatic carbocycles. The van der Waals surface area contributed by atoms with Gasteiger partial charge >= 0.3 is 5.69 Å². The van der Waals surface area contributed by atoms with Crippen LogP contribution in [0.2, 0.25) is 0 Å². The molecule has 1 N–H and O–H groups in total. The number of nitro groups is 1. The number of nitriles is 1. The van der Waals surface area contributed by atoms with Crippen molar-refractivity contribution in [3.05, 3.63) is 27.9 Å². The van der Waals surface area contributed by atoms with E-state index in [-0.39, 0.29) is 29.7 Å². The van der Waals surface area contributed by atoms with Crippen LogP contribution in [0.4, 0.5) is 11.5 Å². The molecule has 2 rings (SSSR count). The number of hydrogen-bond donors (Lipinski definition) is 1. The normalized spacial score (nSPS) is 15.0. The number of nitrogens with zero attached hydrogens (tertiary/aromatic N) is 4. The van der Waals surface area contributed by atoms with Gasteiger partial charge in [-0.05, 0) is 12.8 Å². The van der Waals surface area contributed by atoms with Crippen LogP contribution in [0.3, 0.4) is 0 Å². The fourth-order valence-corrected chi connectivity index (χ4v) is 2.65. The number of anilines is 1. The van der Waals surface area contributed by atoms with Crippen molar-refractivity contribution in [2.24, 2.45) is 0 Å². The Morgan fingerprint density at radius 2 is 2.25 bits per heavy atom. The molecule has 20 heavy (non-hydrogen) atoms. The van der Waals surface area contributed by atoms with Crippen LogP contribution in [0.25, 0.3) is 0 Å². The van der Waals surface area contributed by atoms with E-state index < -0.39 is 4.92 Å². The fraction of sp³-hybridized carbons (Fsp3) is 0.538. The van der Waals surface area contributed by atoms with E-state index in [2.05, 4.69) is 4.98 Å². The highest BCUT2D eigenvalue weighted by molar-refractivity contribution is 5.60. The van der Waals surface area contributed by atoms with Gasteiger partial charge in [0.2, 0.25) is 5.82 Å². The Kier molecular flexibility index (Phi) is 4.48. The van der Waals surface area contributed by atoms with E-state index in [0.717, 1.165) is 25.7 Å². The first-order chi connectivity index (χ1) is 9.67. The predicted molar refractivity (Wildman–Crippen MR) is 72.3 cm³/mol. The third kappa shape index (κ3) is 2.86. The number of pyridine rings is 1. The van der Waals surface area contributed by atoms with Crippen LogP contribution in [0.15, 0.2) is 12.3 Å². The molecule has 0 unspecified atom stereocenters. The van der Waals surface area contributed by atoms with Crippen LogP contribution in [-0.4, -0.2) is 34.2 Å². The summed E-state index contributed by atoms with van der Waals surface area (Å²) >= 11 is 0. The lowest BCUT2D eigenvalue weighted by Gasteiger charge is -2.28. The van der Waals surface area contributed by atoms with Crippen molar-refractivity contribution < 1.29 is 10.0 Å². The van der Waals surface area contributed by atoms with Gasteiger partial charge in [0.1, 0.15) is 6.07 Å². The van der Waals surface area contributed by atoms with E-state index >= 15 is 0 Å². The first-order valence-electron chi connectivity index (χ1n) is 6.59. The third-order valence-electron chi connectivity index (χ3n) is 3.55.